The number of nitrogens with zero attached hydrogens (tertiary/aromatic N) is 1. The summed E-state index contributed by atoms with van der Waals surface area (Å²) < 4.78 is 10.5. The fourth-order valence-electron chi connectivity index (χ4n) is 3.27. The van der Waals surface area contributed by atoms with Gasteiger partial charge in [0.1, 0.15) is 5.75 Å². The number of ether oxygens (including phenoxy) is 2. The van der Waals surface area contributed by atoms with E-state index in [0.717, 1.165) is 12.1 Å². The molecule has 0 heterocycles. The number of methoxy groups -OCH3 is 1. The second-order valence-electron chi connectivity index (χ2n) is 7.49. The second kappa shape index (κ2) is 12.9. The number of nitrogens with one attached hydrogen (secondary N) is 1. The van der Waals surface area contributed by atoms with Crippen LogP contribution in [0.15, 0.2) is 72.8 Å². The van der Waals surface area contributed by atoms with Crippen molar-refractivity contribution in [2.24, 2.45) is 0 Å². The van der Waals surface area contributed by atoms with Crippen LogP contribution in [-0.2, 0) is 9.53 Å². The molecule has 0 fully saturated rings. The first kappa shape index (κ1) is 25.4. The summed E-state index contributed by atoms with van der Waals surface area (Å²) in [6.45, 7) is 1.71. The highest BCUT2D eigenvalue weighted by atomic mass is 35.5. The van der Waals surface area contributed by atoms with E-state index in [2.05, 4.69) is 10.2 Å². The summed E-state index contributed by atoms with van der Waals surface area (Å²) in [6, 6.07) is 21.4. The normalized spacial score (nSPS) is 10.4. The molecule has 0 atom stereocenters. The van der Waals surface area contributed by atoms with Gasteiger partial charge in [-0.2, -0.15) is 0 Å². The molecule has 0 saturated carbocycles. The van der Waals surface area contributed by atoms with Gasteiger partial charge >= 0.3 is 5.97 Å². The molecule has 1 N–H and O–H groups in total. The highest BCUT2D eigenvalue weighted by Gasteiger charge is 2.11. The zero-order chi connectivity index (χ0) is 24.3. The zero-order valence-corrected chi connectivity index (χ0v) is 20.3. The van der Waals surface area contributed by atoms with Gasteiger partial charge in [-0.25, -0.2) is 4.79 Å². The molecule has 0 spiro atoms. The van der Waals surface area contributed by atoms with E-state index < -0.39 is 0 Å². The van der Waals surface area contributed by atoms with Crippen molar-refractivity contribution in [3.05, 3.63) is 88.4 Å². The summed E-state index contributed by atoms with van der Waals surface area (Å²) >= 11 is 11.9. The van der Waals surface area contributed by atoms with Crippen molar-refractivity contribution in [1.82, 2.24) is 0 Å². The first-order valence-electron chi connectivity index (χ1n) is 10.8. The van der Waals surface area contributed by atoms with Gasteiger partial charge in [0.15, 0.2) is 0 Å². The van der Waals surface area contributed by atoms with Gasteiger partial charge in [0.25, 0.3) is 0 Å². The molecular weight excluding hydrogens is 475 g/mol. The molecule has 6 nitrogen and oxygen atoms in total. The number of carbonyl (C=O) groups is 2. The largest absolute Gasteiger partial charge is 0.494 e. The molecule has 1 amide bonds. The fraction of sp³-hybridized carbons (Fsp3) is 0.231. The molecule has 0 aromatic heterocycles. The van der Waals surface area contributed by atoms with Crippen molar-refractivity contribution >= 4 is 46.5 Å². The monoisotopic (exact) mass is 500 g/mol. The van der Waals surface area contributed by atoms with Gasteiger partial charge in [-0.05, 0) is 79.2 Å². The molecule has 0 unspecified atom stereocenters. The lowest BCUT2D eigenvalue weighted by atomic mass is 10.2. The first-order valence-corrected chi connectivity index (χ1v) is 11.6. The number of halogens is 2. The van der Waals surface area contributed by atoms with Crippen molar-refractivity contribution < 1.29 is 19.1 Å². The molecule has 34 heavy (non-hydrogen) atoms. The molecule has 0 radical (unpaired) electrons. The summed E-state index contributed by atoms with van der Waals surface area (Å²) in [5.74, 6) is 0.210. The molecule has 0 bridgehead atoms. The van der Waals surface area contributed by atoms with E-state index in [1.165, 1.54) is 7.11 Å². The molecular formula is C26H26Cl2N2O4. The Labute approximate surface area is 209 Å². The van der Waals surface area contributed by atoms with Crippen molar-refractivity contribution in [3.63, 3.8) is 0 Å². The predicted molar refractivity (Wildman–Crippen MR) is 136 cm³/mol. The summed E-state index contributed by atoms with van der Waals surface area (Å²) in [5.41, 5.74) is 2.16. The summed E-state index contributed by atoms with van der Waals surface area (Å²) in [5, 5.41) is 4.16. The van der Waals surface area contributed by atoms with Crippen LogP contribution in [0.5, 0.6) is 5.75 Å². The Bertz CT molecular complexity index is 1070. The smallest absolute Gasteiger partial charge is 0.337 e. The van der Waals surface area contributed by atoms with Crippen LogP contribution in [-0.4, -0.2) is 38.7 Å². The van der Waals surface area contributed by atoms with Crippen LogP contribution in [0, 0.1) is 0 Å². The van der Waals surface area contributed by atoms with Crippen LogP contribution in [0.3, 0.4) is 0 Å². The highest BCUT2D eigenvalue weighted by molar-refractivity contribution is 6.30. The van der Waals surface area contributed by atoms with E-state index in [4.69, 9.17) is 32.7 Å². The van der Waals surface area contributed by atoms with E-state index >= 15 is 0 Å². The van der Waals surface area contributed by atoms with E-state index in [9.17, 15) is 9.59 Å². The number of benzene rings is 3. The van der Waals surface area contributed by atoms with Gasteiger partial charge < -0.3 is 19.7 Å². The van der Waals surface area contributed by atoms with Crippen LogP contribution in [0.4, 0.5) is 11.4 Å². The number of anilines is 2. The Hall–Kier alpha value is -3.22. The lowest BCUT2D eigenvalue weighted by Crippen LogP contribution is -2.29. The Morgan fingerprint density at radius 2 is 1.47 bits per heavy atom. The molecule has 0 aliphatic rings. The average molecular weight is 501 g/mol. The average Bonchev–Trinajstić information content (AvgIpc) is 2.85. The number of carbonyl (C=O) groups excluding carboxylic acids is 2. The Morgan fingerprint density at radius 3 is 2.09 bits per heavy atom. The maximum atomic E-state index is 12.4. The SMILES string of the molecule is COC(=O)c1ccc(OCCCN(CCC(=O)Nc2ccc(Cl)cc2)c2ccc(Cl)cc2)cc1. The van der Waals surface area contributed by atoms with Crippen molar-refractivity contribution in [1.29, 1.82) is 0 Å². The molecule has 8 heteroatoms. The first-order chi connectivity index (χ1) is 16.4. The van der Waals surface area contributed by atoms with Crippen LogP contribution in [0.1, 0.15) is 23.2 Å². The van der Waals surface area contributed by atoms with E-state index in [0.29, 0.717) is 53.2 Å². The summed E-state index contributed by atoms with van der Waals surface area (Å²) in [4.78, 5) is 26.1. The zero-order valence-electron chi connectivity index (χ0n) is 18.8. The Morgan fingerprint density at radius 1 is 0.853 bits per heavy atom. The maximum absolute atomic E-state index is 12.4. The Balaban J connectivity index is 1.52. The quantitative estimate of drug-likeness (QED) is 0.255. The van der Waals surface area contributed by atoms with Crippen molar-refractivity contribution in [2.75, 3.05) is 37.0 Å². The number of amides is 1. The van der Waals surface area contributed by atoms with Crippen LogP contribution in [0.25, 0.3) is 0 Å². The van der Waals surface area contributed by atoms with Gasteiger partial charge in [-0.3, -0.25) is 4.79 Å². The number of hydrogen-bond acceptors (Lipinski definition) is 5. The molecule has 3 aromatic rings. The van der Waals surface area contributed by atoms with Gasteiger partial charge in [0.2, 0.25) is 5.91 Å². The Kier molecular flexibility index (Phi) is 9.62. The minimum atomic E-state index is -0.384. The van der Waals surface area contributed by atoms with Gasteiger partial charge in [0.05, 0.1) is 19.3 Å². The lowest BCUT2D eigenvalue weighted by molar-refractivity contribution is -0.116. The molecule has 3 rings (SSSR count). The lowest BCUT2D eigenvalue weighted by Gasteiger charge is -2.25. The molecule has 0 aliphatic heterocycles. The topological polar surface area (TPSA) is 67.9 Å². The third kappa shape index (κ3) is 7.97. The van der Waals surface area contributed by atoms with Gasteiger partial charge in [-0.15, -0.1) is 0 Å². The minimum absolute atomic E-state index is 0.0803. The predicted octanol–water partition coefficient (Wildman–Crippen LogP) is 6.08. The molecule has 178 valence electrons. The van der Waals surface area contributed by atoms with Crippen LogP contribution < -0.4 is 15.0 Å². The number of rotatable bonds is 11. The van der Waals surface area contributed by atoms with Crippen LogP contribution >= 0.6 is 23.2 Å². The fourth-order valence-corrected chi connectivity index (χ4v) is 3.52. The van der Waals surface area contributed by atoms with Crippen molar-refractivity contribution in [3.8, 4) is 5.75 Å². The van der Waals surface area contributed by atoms with Gasteiger partial charge in [-0.1, -0.05) is 23.2 Å². The third-order valence-corrected chi connectivity index (χ3v) is 5.55. The molecule has 0 aliphatic carbocycles. The van der Waals surface area contributed by atoms with E-state index in [-0.39, 0.29) is 11.9 Å². The maximum Gasteiger partial charge on any atom is 0.337 e. The highest BCUT2D eigenvalue weighted by Crippen LogP contribution is 2.20. The molecule has 0 saturated heterocycles. The van der Waals surface area contributed by atoms with E-state index in [1.807, 2.05) is 24.3 Å². The van der Waals surface area contributed by atoms with E-state index in [1.54, 1.807) is 48.5 Å². The van der Waals surface area contributed by atoms with Crippen LogP contribution in [0.2, 0.25) is 10.0 Å². The van der Waals surface area contributed by atoms with Gasteiger partial charge in [0, 0.05) is 40.9 Å². The standard InChI is InChI=1S/C26H26Cl2N2O4/c1-33-26(32)19-3-13-24(14-4-19)34-18-2-16-30(23-11-7-21(28)8-12-23)17-15-25(31)29-22-9-5-20(27)6-10-22/h3-14H,2,15-18H2,1H3,(H,29,31). The summed E-state index contributed by atoms with van der Waals surface area (Å²) in [7, 11) is 1.35. The minimum Gasteiger partial charge on any atom is -0.494 e. The second-order valence-corrected chi connectivity index (χ2v) is 8.36. The third-order valence-electron chi connectivity index (χ3n) is 5.05. The van der Waals surface area contributed by atoms with Crippen molar-refractivity contribution in [2.45, 2.75) is 12.8 Å². The number of hydrogen-bond donors (Lipinski definition) is 1. The number of esters is 1. The molecule has 3 aromatic carbocycles. The summed E-state index contributed by atoms with van der Waals surface area (Å²) in [6.07, 6.45) is 1.06.